The highest BCUT2D eigenvalue weighted by Crippen LogP contribution is 2.39. The van der Waals surface area contributed by atoms with Crippen LogP contribution >= 0.6 is 46.4 Å². The first-order chi connectivity index (χ1) is 10.5. The molecule has 1 fully saturated rings. The van der Waals surface area contributed by atoms with Gasteiger partial charge in [0, 0.05) is 0 Å². The van der Waals surface area contributed by atoms with Crippen LogP contribution in [-0.4, -0.2) is 56.5 Å². The highest BCUT2D eigenvalue weighted by Gasteiger charge is 2.56. The minimum Gasteiger partial charge on any atom is -0.462 e. The predicted octanol–water partition coefficient (Wildman–Crippen LogP) is 1.92. The molecule has 1 saturated heterocycles. The number of amides is 2. The third kappa shape index (κ3) is 5.00. The number of imide groups is 1. The molecule has 0 spiro atoms. The standard InChI is InChI=1S/C11H11Cl4NO7/c1-22-9(19)8(18)16-6(12)5(7(16)17)4(23-10(20)21)2-3-11(13,14)15/h4-6H,2-3H2,1H3,(H,20,21). The van der Waals surface area contributed by atoms with Crippen molar-refractivity contribution >= 4 is 70.3 Å². The zero-order valence-electron chi connectivity index (χ0n) is 11.5. The van der Waals surface area contributed by atoms with E-state index in [9.17, 15) is 19.2 Å². The average Bonchev–Trinajstić information content (AvgIpc) is 2.42. The van der Waals surface area contributed by atoms with Crippen molar-refractivity contribution < 1.29 is 33.8 Å². The first-order valence-corrected chi connectivity index (χ1v) is 7.62. The number of rotatable bonds is 4. The summed E-state index contributed by atoms with van der Waals surface area (Å²) in [6.45, 7) is 0. The minimum absolute atomic E-state index is 0.117. The molecule has 0 aromatic rings. The Balaban J connectivity index is 2.84. The van der Waals surface area contributed by atoms with E-state index in [2.05, 4.69) is 9.47 Å². The van der Waals surface area contributed by atoms with Crippen molar-refractivity contribution in [2.75, 3.05) is 7.11 Å². The number of hydrogen-bond donors (Lipinski definition) is 1. The van der Waals surface area contributed by atoms with Gasteiger partial charge >= 0.3 is 18.0 Å². The van der Waals surface area contributed by atoms with Crippen LogP contribution < -0.4 is 0 Å². The number of alkyl halides is 4. The molecule has 0 saturated carbocycles. The Bertz CT molecular complexity index is 521. The Morgan fingerprint density at radius 1 is 1.35 bits per heavy atom. The molecule has 1 heterocycles. The number of hydrogen-bond acceptors (Lipinski definition) is 6. The second-order valence-corrected chi connectivity index (χ2v) is 7.44. The van der Waals surface area contributed by atoms with Gasteiger partial charge in [0.15, 0.2) is 3.79 Å². The van der Waals surface area contributed by atoms with Crippen LogP contribution in [0.3, 0.4) is 0 Å². The molecule has 0 aliphatic carbocycles. The van der Waals surface area contributed by atoms with Crippen LogP contribution in [0.5, 0.6) is 0 Å². The Hall–Kier alpha value is -0.960. The van der Waals surface area contributed by atoms with E-state index < -0.39 is 45.3 Å². The van der Waals surface area contributed by atoms with E-state index in [1.54, 1.807) is 0 Å². The lowest BCUT2D eigenvalue weighted by atomic mass is 9.89. The first kappa shape index (κ1) is 20.1. The molecule has 1 aliphatic rings. The van der Waals surface area contributed by atoms with Crippen LogP contribution in [0.25, 0.3) is 0 Å². The molecule has 3 unspecified atom stereocenters. The summed E-state index contributed by atoms with van der Waals surface area (Å²) in [4.78, 5) is 46.0. The molecule has 0 radical (unpaired) electrons. The molecule has 2 amide bonds. The monoisotopic (exact) mass is 409 g/mol. The van der Waals surface area contributed by atoms with Crippen LogP contribution in [0.15, 0.2) is 0 Å². The highest BCUT2D eigenvalue weighted by molar-refractivity contribution is 6.67. The van der Waals surface area contributed by atoms with E-state index in [1.165, 1.54) is 0 Å². The Labute approximate surface area is 150 Å². The van der Waals surface area contributed by atoms with Gasteiger partial charge in [-0.3, -0.25) is 14.5 Å². The zero-order valence-corrected chi connectivity index (χ0v) is 14.5. The van der Waals surface area contributed by atoms with Gasteiger partial charge in [0.2, 0.25) is 5.91 Å². The largest absolute Gasteiger partial charge is 0.506 e. The van der Waals surface area contributed by atoms with Crippen molar-refractivity contribution in [1.29, 1.82) is 0 Å². The molecule has 3 atom stereocenters. The molecule has 8 nitrogen and oxygen atoms in total. The lowest BCUT2D eigenvalue weighted by Crippen LogP contribution is -2.66. The van der Waals surface area contributed by atoms with Gasteiger partial charge in [-0.2, -0.15) is 0 Å². The van der Waals surface area contributed by atoms with E-state index in [0.717, 1.165) is 7.11 Å². The third-order valence-electron chi connectivity index (χ3n) is 3.01. The highest BCUT2D eigenvalue weighted by atomic mass is 35.6. The summed E-state index contributed by atoms with van der Waals surface area (Å²) >= 11 is 22.6. The number of ether oxygens (including phenoxy) is 2. The SMILES string of the molecule is COC(=O)C(=O)N1C(=O)C(C(CCC(Cl)(Cl)Cl)OC(=O)O)C1Cl. The molecule has 1 aliphatic heterocycles. The fourth-order valence-corrected chi connectivity index (χ4v) is 2.74. The number of carbonyl (C=O) groups excluding carboxylic acids is 3. The Kier molecular flexibility index (Phi) is 6.76. The summed E-state index contributed by atoms with van der Waals surface area (Å²) in [6, 6.07) is 0. The van der Waals surface area contributed by atoms with Crippen LogP contribution in [0.2, 0.25) is 0 Å². The number of carboxylic acid groups (broad SMARTS) is 1. The predicted molar refractivity (Wildman–Crippen MR) is 79.4 cm³/mol. The quantitative estimate of drug-likeness (QED) is 0.248. The lowest BCUT2D eigenvalue weighted by molar-refractivity contribution is -0.175. The molecule has 1 rings (SSSR count). The summed E-state index contributed by atoms with van der Waals surface area (Å²) in [5.74, 6) is -4.60. The summed E-state index contributed by atoms with van der Waals surface area (Å²) in [7, 11) is 0.961. The molecule has 130 valence electrons. The van der Waals surface area contributed by atoms with E-state index >= 15 is 0 Å². The van der Waals surface area contributed by atoms with Gasteiger partial charge in [-0.15, -0.1) is 0 Å². The maximum atomic E-state index is 12.0. The molecule has 0 aromatic heterocycles. The van der Waals surface area contributed by atoms with Gasteiger partial charge in [0.25, 0.3) is 0 Å². The number of halogens is 4. The smallest absolute Gasteiger partial charge is 0.462 e. The number of methoxy groups -OCH3 is 1. The summed E-state index contributed by atoms with van der Waals surface area (Å²) in [5, 5.41) is 8.73. The number of likely N-dealkylation sites (tertiary alicyclic amines) is 1. The van der Waals surface area contributed by atoms with Crippen molar-refractivity contribution in [1.82, 2.24) is 4.90 Å². The summed E-state index contributed by atoms with van der Waals surface area (Å²) in [6.07, 6.45) is -3.13. The van der Waals surface area contributed by atoms with E-state index in [4.69, 9.17) is 51.5 Å². The van der Waals surface area contributed by atoms with Gasteiger partial charge in [-0.05, 0) is 12.8 Å². The van der Waals surface area contributed by atoms with Gasteiger partial charge in [-0.1, -0.05) is 46.4 Å². The van der Waals surface area contributed by atoms with Gasteiger partial charge in [-0.25, -0.2) is 9.59 Å². The molecular weight excluding hydrogens is 400 g/mol. The van der Waals surface area contributed by atoms with Gasteiger partial charge in [0.1, 0.15) is 17.5 Å². The zero-order chi connectivity index (χ0) is 17.9. The molecule has 12 heteroatoms. The van der Waals surface area contributed by atoms with Crippen LogP contribution in [0.4, 0.5) is 4.79 Å². The summed E-state index contributed by atoms with van der Waals surface area (Å²) in [5.41, 5.74) is -1.28. The number of nitrogens with zero attached hydrogens (tertiary/aromatic N) is 1. The van der Waals surface area contributed by atoms with Crippen molar-refractivity contribution in [2.45, 2.75) is 28.2 Å². The molecule has 23 heavy (non-hydrogen) atoms. The van der Waals surface area contributed by atoms with E-state index in [1.807, 2.05) is 0 Å². The Morgan fingerprint density at radius 3 is 2.30 bits per heavy atom. The molecule has 0 aromatic carbocycles. The lowest BCUT2D eigenvalue weighted by Gasteiger charge is -2.44. The summed E-state index contributed by atoms with van der Waals surface area (Å²) < 4.78 is 7.10. The fraction of sp³-hybridized carbons (Fsp3) is 0.636. The minimum atomic E-state index is -1.68. The van der Waals surface area contributed by atoms with E-state index in [0.29, 0.717) is 4.90 Å². The third-order valence-corrected chi connectivity index (χ3v) is 4.04. The van der Waals surface area contributed by atoms with Gasteiger partial charge in [0.05, 0.1) is 7.11 Å². The second-order valence-electron chi connectivity index (χ2n) is 4.48. The van der Waals surface area contributed by atoms with Gasteiger partial charge < -0.3 is 14.6 Å². The van der Waals surface area contributed by atoms with Crippen molar-refractivity contribution in [3.8, 4) is 0 Å². The number of carbonyl (C=O) groups is 4. The maximum Gasteiger partial charge on any atom is 0.506 e. The normalized spacial score (nSPS) is 22.1. The average molecular weight is 411 g/mol. The second kappa shape index (κ2) is 7.74. The van der Waals surface area contributed by atoms with Crippen LogP contribution in [0, 0.1) is 5.92 Å². The number of β-lactam (4-membered cyclic amide) rings is 1. The van der Waals surface area contributed by atoms with Crippen LogP contribution in [-0.2, 0) is 23.9 Å². The maximum absolute atomic E-state index is 12.0. The fourth-order valence-electron chi connectivity index (χ4n) is 1.96. The van der Waals surface area contributed by atoms with Crippen LogP contribution in [0.1, 0.15) is 12.8 Å². The molecular formula is C11H11Cl4NO7. The molecule has 1 N–H and O–H groups in total. The molecule has 0 bridgehead atoms. The van der Waals surface area contributed by atoms with Crippen molar-refractivity contribution in [2.24, 2.45) is 5.92 Å². The first-order valence-electron chi connectivity index (χ1n) is 6.05. The van der Waals surface area contributed by atoms with Crippen molar-refractivity contribution in [3.63, 3.8) is 0 Å². The Morgan fingerprint density at radius 2 is 1.91 bits per heavy atom. The topological polar surface area (TPSA) is 110 Å². The van der Waals surface area contributed by atoms with Crippen molar-refractivity contribution in [3.05, 3.63) is 0 Å². The van der Waals surface area contributed by atoms with E-state index in [-0.39, 0.29) is 12.8 Å². The number of esters is 1.